The summed E-state index contributed by atoms with van der Waals surface area (Å²) < 4.78 is 51.3. The molecule has 0 spiro atoms. The second-order valence-electron chi connectivity index (χ2n) is 6.40. The van der Waals surface area contributed by atoms with Gasteiger partial charge in [-0.25, -0.2) is 0 Å². The largest absolute Gasteiger partial charge is 0.471 e. The summed E-state index contributed by atoms with van der Waals surface area (Å²) >= 11 is 0. The topological polar surface area (TPSA) is 85.9 Å². The molecule has 0 aliphatic heterocycles. The first-order valence-corrected chi connectivity index (χ1v) is 11.6. The second-order valence-corrected chi connectivity index (χ2v) is 9.35. The fourth-order valence-electron chi connectivity index (χ4n) is 1.77. The molecular weight excluding hydrogens is 433 g/mol. The van der Waals surface area contributed by atoms with Crippen LogP contribution in [0.2, 0.25) is 0 Å². The summed E-state index contributed by atoms with van der Waals surface area (Å²) in [5.41, 5.74) is 0. The summed E-state index contributed by atoms with van der Waals surface area (Å²) in [5.74, 6) is -1.41. The van der Waals surface area contributed by atoms with Crippen molar-refractivity contribution >= 4 is 33.4 Å². The van der Waals surface area contributed by atoms with Gasteiger partial charge in [0.15, 0.2) is 0 Å². The lowest BCUT2D eigenvalue weighted by molar-refractivity contribution is -0.173. The van der Waals surface area contributed by atoms with Gasteiger partial charge >= 0.3 is 12.1 Å². The molecule has 0 fully saturated rings. The first kappa shape index (κ1) is 28.3. The van der Waals surface area contributed by atoms with E-state index in [1.165, 1.54) is 0 Å². The molecule has 0 aromatic heterocycles. The van der Waals surface area contributed by atoms with Gasteiger partial charge in [0.2, 0.25) is 5.91 Å². The van der Waals surface area contributed by atoms with Crippen LogP contribution >= 0.6 is 21.6 Å². The highest BCUT2D eigenvalue weighted by molar-refractivity contribution is 8.77. The standard InChI is InChI=1S/C17H31F3N2O5S2/c1-4-25-13-28-29-16(2,3)6-5-14(23)21-7-9-26-11-12-27-10-8-22-15(24)17(18,19)20/h4-13H2,1-3H3,(H,21,23)(H,22,24). The van der Waals surface area contributed by atoms with Gasteiger partial charge in [-0.05, 0) is 27.2 Å². The molecule has 0 radical (unpaired) electrons. The Morgan fingerprint density at radius 3 is 2.07 bits per heavy atom. The Kier molecular flexibility index (Phi) is 15.7. The smallest absolute Gasteiger partial charge is 0.377 e. The molecule has 172 valence electrons. The van der Waals surface area contributed by atoms with Crippen LogP contribution in [0.15, 0.2) is 0 Å². The molecule has 7 nitrogen and oxygen atoms in total. The summed E-state index contributed by atoms with van der Waals surface area (Å²) in [6.07, 6.45) is -3.73. The van der Waals surface area contributed by atoms with E-state index in [2.05, 4.69) is 19.2 Å². The van der Waals surface area contributed by atoms with E-state index in [1.54, 1.807) is 26.9 Å². The zero-order chi connectivity index (χ0) is 22.2. The number of amides is 2. The molecular formula is C17H31F3N2O5S2. The van der Waals surface area contributed by atoms with Crippen LogP contribution in [0.1, 0.15) is 33.6 Å². The number of ether oxygens (including phenoxy) is 3. The highest BCUT2D eigenvalue weighted by atomic mass is 33.1. The fraction of sp³-hybridized carbons (Fsp3) is 0.882. The van der Waals surface area contributed by atoms with Crippen molar-refractivity contribution in [3.63, 3.8) is 0 Å². The molecule has 0 atom stereocenters. The van der Waals surface area contributed by atoms with Crippen LogP contribution in [-0.2, 0) is 23.8 Å². The van der Waals surface area contributed by atoms with Crippen LogP contribution in [0.3, 0.4) is 0 Å². The monoisotopic (exact) mass is 464 g/mol. The number of hydrogen-bond donors (Lipinski definition) is 2. The number of halogens is 3. The minimum atomic E-state index is -4.88. The molecule has 0 aromatic carbocycles. The molecule has 2 amide bonds. The molecule has 0 aliphatic rings. The van der Waals surface area contributed by atoms with Crippen LogP contribution in [0.4, 0.5) is 13.2 Å². The first-order valence-electron chi connectivity index (χ1n) is 9.24. The van der Waals surface area contributed by atoms with E-state index in [0.29, 0.717) is 32.1 Å². The maximum Gasteiger partial charge on any atom is 0.471 e. The predicted octanol–water partition coefficient (Wildman–Crippen LogP) is 2.75. The third-order valence-corrected chi connectivity index (χ3v) is 6.34. The number of rotatable bonds is 17. The Hall–Kier alpha value is -0.690. The number of carbonyl (C=O) groups excluding carboxylic acids is 2. The zero-order valence-electron chi connectivity index (χ0n) is 17.1. The number of nitrogens with one attached hydrogen (secondary N) is 2. The molecule has 29 heavy (non-hydrogen) atoms. The van der Waals surface area contributed by atoms with Crippen molar-refractivity contribution in [1.82, 2.24) is 10.6 Å². The lowest BCUT2D eigenvalue weighted by atomic mass is 10.1. The summed E-state index contributed by atoms with van der Waals surface area (Å²) in [6, 6.07) is 0. The zero-order valence-corrected chi connectivity index (χ0v) is 18.7. The van der Waals surface area contributed by atoms with Crippen LogP contribution < -0.4 is 10.6 Å². The Morgan fingerprint density at radius 1 is 0.931 bits per heavy atom. The van der Waals surface area contributed by atoms with Gasteiger partial charge in [0.05, 0.1) is 26.4 Å². The summed E-state index contributed by atoms with van der Waals surface area (Å²) in [5, 5.41) is 4.47. The normalized spacial score (nSPS) is 12.1. The SMILES string of the molecule is CCOCSSC(C)(C)CCC(=O)NCCOCCOCCNC(=O)C(F)(F)F. The Morgan fingerprint density at radius 2 is 1.52 bits per heavy atom. The maximum absolute atomic E-state index is 11.9. The van der Waals surface area contributed by atoms with Crippen molar-refractivity contribution in [2.45, 2.75) is 44.5 Å². The van der Waals surface area contributed by atoms with E-state index < -0.39 is 12.1 Å². The minimum Gasteiger partial charge on any atom is -0.377 e. The molecule has 0 heterocycles. The number of carbonyl (C=O) groups is 2. The van der Waals surface area contributed by atoms with Crippen molar-refractivity contribution in [3.05, 3.63) is 0 Å². The van der Waals surface area contributed by atoms with Gasteiger partial charge in [-0.15, -0.1) is 0 Å². The van der Waals surface area contributed by atoms with Gasteiger partial charge in [-0.1, -0.05) is 21.6 Å². The average molecular weight is 465 g/mol. The summed E-state index contributed by atoms with van der Waals surface area (Å²) in [7, 11) is 3.33. The van der Waals surface area contributed by atoms with E-state index >= 15 is 0 Å². The predicted molar refractivity (Wildman–Crippen MR) is 109 cm³/mol. The lowest BCUT2D eigenvalue weighted by Crippen LogP contribution is -2.38. The van der Waals surface area contributed by atoms with E-state index in [4.69, 9.17) is 14.2 Å². The van der Waals surface area contributed by atoms with Crippen LogP contribution in [0, 0.1) is 0 Å². The van der Waals surface area contributed by atoms with Crippen LogP contribution in [-0.4, -0.2) is 74.8 Å². The van der Waals surface area contributed by atoms with E-state index in [9.17, 15) is 22.8 Å². The summed E-state index contributed by atoms with van der Waals surface area (Å²) in [6.45, 7) is 7.63. The van der Waals surface area contributed by atoms with Gasteiger partial charge in [0.25, 0.3) is 0 Å². The van der Waals surface area contributed by atoms with Gasteiger partial charge in [0.1, 0.15) is 5.94 Å². The second kappa shape index (κ2) is 16.1. The van der Waals surface area contributed by atoms with Crippen molar-refractivity contribution in [3.8, 4) is 0 Å². The lowest BCUT2D eigenvalue weighted by Gasteiger charge is -2.22. The maximum atomic E-state index is 11.9. The van der Waals surface area contributed by atoms with Crippen molar-refractivity contribution in [2.24, 2.45) is 0 Å². The van der Waals surface area contributed by atoms with E-state index in [1.807, 2.05) is 6.92 Å². The van der Waals surface area contributed by atoms with Crippen LogP contribution in [0.5, 0.6) is 0 Å². The highest BCUT2D eigenvalue weighted by Crippen LogP contribution is 2.38. The molecule has 0 aliphatic carbocycles. The average Bonchev–Trinajstić information content (AvgIpc) is 2.64. The minimum absolute atomic E-state index is 0.0352. The molecule has 0 saturated carbocycles. The van der Waals surface area contributed by atoms with Crippen molar-refractivity contribution in [2.75, 3.05) is 52.1 Å². The van der Waals surface area contributed by atoms with Crippen molar-refractivity contribution < 1.29 is 37.0 Å². The Balaban J connectivity index is 3.52. The van der Waals surface area contributed by atoms with Gasteiger partial charge in [0, 0.05) is 30.9 Å². The molecule has 0 saturated heterocycles. The fourth-order valence-corrected chi connectivity index (χ4v) is 4.11. The molecule has 0 bridgehead atoms. The molecule has 0 aromatic rings. The molecule has 12 heteroatoms. The van der Waals surface area contributed by atoms with Gasteiger partial charge < -0.3 is 24.8 Å². The summed E-state index contributed by atoms with van der Waals surface area (Å²) in [4.78, 5) is 22.4. The van der Waals surface area contributed by atoms with Gasteiger partial charge in [-0.2, -0.15) is 13.2 Å². The van der Waals surface area contributed by atoms with E-state index in [0.717, 1.165) is 6.42 Å². The number of alkyl halides is 3. The van der Waals surface area contributed by atoms with Gasteiger partial charge in [-0.3, -0.25) is 9.59 Å². The third kappa shape index (κ3) is 17.8. The van der Waals surface area contributed by atoms with E-state index in [-0.39, 0.29) is 37.0 Å². The van der Waals surface area contributed by atoms with Crippen molar-refractivity contribution in [1.29, 1.82) is 0 Å². The third-order valence-electron chi connectivity index (χ3n) is 3.30. The molecule has 0 rings (SSSR count). The first-order chi connectivity index (χ1) is 13.6. The molecule has 2 N–H and O–H groups in total. The highest BCUT2D eigenvalue weighted by Gasteiger charge is 2.38. The molecule has 0 unspecified atom stereocenters. The Bertz CT molecular complexity index is 469. The van der Waals surface area contributed by atoms with Crippen LogP contribution in [0.25, 0.3) is 0 Å². The quantitative estimate of drug-likeness (QED) is 0.194. The Labute approximate surface area is 177 Å². The number of hydrogen-bond acceptors (Lipinski definition) is 7.